The standard InChI is InChI=1S/C12H9FN4O/c1-6-10(15-5-14-6)11-16-8-4-2-3-7(13)9(8)12(18)17-11/h2-5H,1H3,(H,14,15)(H,16,17,18). The molecule has 1 aromatic carbocycles. The van der Waals surface area contributed by atoms with Crippen LogP contribution in [-0.2, 0) is 0 Å². The molecule has 0 unspecified atom stereocenters. The van der Waals surface area contributed by atoms with E-state index in [1.165, 1.54) is 18.5 Å². The van der Waals surface area contributed by atoms with Gasteiger partial charge in [0.05, 0.1) is 11.8 Å². The maximum absolute atomic E-state index is 13.5. The summed E-state index contributed by atoms with van der Waals surface area (Å²) in [5.74, 6) is -0.247. The summed E-state index contributed by atoms with van der Waals surface area (Å²) in [5, 5.41) is -0.0329. The van der Waals surface area contributed by atoms with E-state index in [9.17, 15) is 9.18 Å². The van der Waals surface area contributed by atoms with Gasteiger partial charge in [0.2, 0.25) is 0 Å². The first-order valence-corrected chi connectivity index (χ1v) is 5.35. The number of rotatable bonds is 1. The Morgan fingerprint density at radius 2 is 2.17 bits per heavy atom. The first-order valence-electron chi connectivity index (χ1n) is 5.35. The highest BCUT2D eigenvalue weighted by Gasteiger charge is 2.12. The van der Waals surface area contributed by atoms with Crippen molar-refractivity contribution in [3.63, 3.8) is 0 Å². The average molecular weight is 244 g/mol. The molecule has 2 N–H and O–H groups in total. The predicted octanol–water partition coefficient (Wildman–Crippen LogP) is 1.76. The number of benzene rings is 1. The van der Waals surface area contributed by atoms with Crippen LogP contribution < -0.4 is 5.56 Å². The highest BCUT2D eigenvalue weighted by atomic mass is 19.1. The molecular weight excluding hydrogens is 235 g/mol. The molecule has 0 spiro atoms. The van der Waals surface area contributed by atoms with Crippen molar-refractivity contribution >= 4 is 10.9 Å². The monoisotopic (exact) mass is 244 g/mol. The Morgan fingerprint density at radius 1 is 1.33 bits per heavy atom. The van der Waals surface area contributed by atoms with E-state index < -0.39 is 11.4 Å². The molecule has 0 aliphatic carbocycles. The van der Waals surface area contributed by atoms with Crippen LogP contribution in [0, 0.1) is 12.7 Å². The van der Waals surface area contributed by atoms with E-state index in [0.717, 1.165) is 5.69 Å². The summed E-state index contributed by atoms with van der Waals surface area (Å²) < 4.78 is 13.5. The molecule has 0 saturated heterocycles. The van der Waals surface area contributed by atoms with E-state index in [2.05, 4.69) is 19.9 Å². The second-order valence-electron chi connectivity index (χ2n) is 3.92. The summed E-state index contributed by atoms with van der Waals surface area (Å²) in [4.78, 5) is 25.6. The van der Waals surface area contributed by atoms with Gasteiger partial charge in [-0.2, -0.15) is 0 Å². The summed E-state index contributed by atoms with van der Waals surface area (Å²) >= 11 is 0. The van der Waals surface area contributed by atoms with Crippen LogP contribution >= 0.6 is 0 Å². The van der Waals surface area contributed by atoms with Crippen molar-refractivity contribution in [3.05, 3.63) is 46.4 Å². The zero-order chi connectivity index (χ0) is 12.7. The minimum Gasteiger partial charge on any atom is -0.348 e. The number of aryl methyl sites for hydroxylation is 1. The predicted molar refractivity (Wildman–Crippen MR) is 64.6 cm³/mol. The number of hydrogen-bond acceptors (Lipinski definition) is 3. The number of aromatic amines is 2. The van der Waals surface area contributed by atoms with E-state index in [1.54, 1.807) is 6.07 Å². The second kappa shape index (κ2) is 3.76. The number of aromatic nitrogens is 4. The molecule has 0 amide bonds. The Kier molecular flexibility index (Phi) is 2.22. The van der Waals surface area contributed by atoms with Crippen LogP contribution in [0.2, 0.25) is 0 Å². The number of H-pyrrole nitrogens is 2. The Hall–Kier alpha value is -2.50. The number of nitrogens with zero attached hydrogens (tertiary/aromatic N) is 2. The third-order valence-corrected chi connectivity index (χ3v) is 2.74. The molecule has 18 heavy (non-hydrogen) atoms. The van der Waals surface area contributed by atoms with Crippen molar-refractivity contribution in [2.45, 2.75) is 6.92 Å². The fourth-order valence-electron chi connectivity index (χ4n) is 1.86. The molecule has 2 heterocycles. The van der Waals surface area contributed by atoms with Gasteiger partial charge in [-0.1, -0.05) is 6.07 Å². The van der Waals surface area contributed by atoms with Crippen LogP contribution in [0.1, 0.15) is 5.69 Å². The third-order valence-electron chi connectivity index (χ3n) is 2.74. The third kappa shape index (κ3) is 1.50. The van der Waals surface area contributed by atoms with Gasteiger partial charge in [-0.15, -0.1) is 0 Å². The van der Waals surface area contributed by atoms with E-state index in [0.29, 0.717) is 17.0 Å². The van der Waals surface area contributed by atoms with Gasteiger partial charge in [0.25, 0.3) is 5.56 Å². The van der Waals surface area contributed by atoms with Gasteiger partial charge in [0, 0.05) is 5.69 Å². The minimum atomic E-state index is -0.577. The normalized spacial score (nSPS) is 11.0. The minimum absolute atomic E-state index is 0.0329. The summed E-state index contributed by atoms with van der Waals surface area (Å²) in [7, 11) is 0. The maximum atomic E-state index is 13.5. The lowest BCUT2D eigenvalue weighted by Crippen LogP contribution is -2.11. The molecule has 3 aromatic rings. The lowest BCUT2D eigenvalue weighted by atomic mass is 10.2. The van der Waals surface area contributed by atoms with Crippen LogP contribution in [0.15, 0.2) is 29.3 Å². The number of fused-ring (bicyclic) bond motifs is 1. The topological polar surface area (TPSA) is 74.4 Å². The van der Waals surface area contributed by atoms with Crippen LogP contribution in [-0.4, -0.2) is 19.9 Å². The SMILES string of the molecule is Cc1[nH]cnc1-c1nc2cccc(F)c2c(=O)[nH]1. The molecule has 6 heteroatoms. The summed E-state index contributed by atoms with van der Waals surface area (Å²) in [5.41, 5.74) is 1.15. The van der Waals surface area contributed by atoms with E-state index in [4.69, 9.17) is 0 Å². The Labute approximate surface area is 101 Å². The molecule has 0 aliphatic rings. The van der Waals surface area contributed by atoms with E-state index in [1.807, 2.05) is 6.92 Å². The summed E-state index contributed by atoms with van der Waals surface area (Å²) in [6, 6.07) is 4.35. The molecule has 0 radical (unpaired) electrons. The Balaban J connectivity index is 2.36. The van der Waals surface area contributed by atoms with Crippen molar-refractivity contribution in [1.29, 1.82) is 0 Å². The molecule has 0 bridgehead atoms. The highest BCUT2D eigenvalue weighted by Crippen LogP contribution is 2.17. The molecule has 5 nitrogen and oxygen atoms in total. The molecule has 90 valence electrons. The van der Waals surface area contributed by atoms with Crippen LogP contribution in [0.5, 0.6) is 0 Å². The maximum Gasteiger partial charge on any atom is 0.262 e. The van der Waals surface area contributed by atoms with Crippen molar-refractivity contribution in [2.24, 2.45) is 0 Å². The molecule has 2 aromatic heterocycles. The van der Waals surface area contributed by atoms with Crippen molar-refractivity contribution in [3.8, 4) is 11.5 Å². The molecule has 0 saturated carbocycles. The lowest BCUT2D eigenvalue weighted by Gasteiger charge is -2.02. The zero-order valence-electron chi connectivity index (χ0n) is 9.49. The van der Waals surface area contributed by atoms with E-state index >= 15 is 0 Å². The molecular formula is C12H9FN4O. The second-order valence-corrected chi connectivity index (χ2v) is 3.92. The van der Waals surface area contributed by atoms with Gasteiger partial charge < -0.3 is 9.97 Å². The van der Waals surface area contributed by atoms with Gasteiger partial charge >= 0.3 is 0 Å². The van der Waals surface area contributed by atoms with Gasteiger partial charge in [-0.05, 0) is 19.1 Å². The zero-order valence-corrected chi connectivity index (χ0v) is 9.49. The smallest absolute Gasteiger partial charge is 0.262 e. The number of nitrogens with one attached hydrogen (secondary N) is 2. The fraction of sp³-hybridized carbons (Fsp3) is 0.0833. The summed E-state index contributed by atoms with van der Waals surface area (Å²) in [6.07, 6.45) is 1.51. The first kappa shape index (κ1) is 10.6. The largest absolute Gasteiger partial charge is 0.348 e. The van der Waals surface area contributed by atoms with E-state index in [-0.39, 0.29) is 5.39 Å². The summed E-state index contributed by atoms with van der Waals surface area (Å²) in [6.45, 7) is 1.82. The quantitative estimate of drug-likeness (QED) is 0.685. The highest BCUT2D eigenvalue weighted by molar-refractivity contribution is 5.79. The van der Waals surface area contributed by atoms with Crippen LogP contribution in [0.3, 0.4) is 0 Å². The number of halogens is 1. The fourth-order valence-corrected chi connectivity index (χ4v) is 1.86. The number of imidazole rings is 1. The Bertz CT molecular complexity index is 790. The molecule has 3 rings (SSSR count). The van der Waals surface area contributed by atoms with Crippen LogP contribution in [0.25, 0.3) is 22.4 Å². The van der Waals surface area contributed by atoms with Crippen molar-refractivity contribution in [2.75, 3.05) is 0 Å². The number of hydrogen-bond donors (Lipinski definition) is 2. The van der Waals surface area contributed by atoms with Gasteiger partial charge in [-0.25, -0.2) is 14.4 Å². The lowest BCUT2D eigenvalue weighted by molar-refractivity contribution is 0.638. The van der Waals surface area contributed by atoms with Gasteiger partial charge in [0.1, 0.15) is 16.9 Å². The van der Waals surface area contributed by atoms with Crippen molar-refractivity contribution < 1.29 is 4.39 Å². The first-order chi connectivity index (χ1) is 8.66. The van der Waals surface area contributed by atoms with Crippen LogP contribution in [0.4, 0.5) is 4.39 Å². The molecule has 0 aliphatic heterocycles. The van der Waals surface area contributed by atoms with Gasteiger partial charge in [0.15, 0.2) is 5.82 Å². The average Bonchev–Trinajstić information content (AvgIpc) is 2.75. The Morgan fingerprint density at radius 3 is 2.89 bits per heavy atom. The molecule has 0 atom stereocenters. The van der Waals surface area contributed by atoms with Crippen molar-refractivity contribution in [1.82, 2.24) is 19.9 Å². The van der Waals surface area contributed by atoms with Gasteiger partial charge in [-0.3, -0.25) is 4.79 Å². The molecule has 0 fully saturated rings.